The summed E-state index contributed by atoms with van der Waals surface area (Å²) in [7, 11) is 1.21. The number of aryl methyl sites for hydroxylation is 1. The van der Waals surface area contributed by atoms with Crippen molar-refractivity contribution in [3.05, 3.63) is 39.8 Å². The first-order valence-electron chi connectivity index (χ1n) is 4.71. The van der Waals surface area contributed by atoms with Crippen LogP contribution in [-0.4, -0.2) is 13.7 Å². The summed E-state index contributed by atoms with van der Waals surface area (Å²) in [5.74, 6) is -1.82. The number of benzene rings is 1. The van der Waals surface area contributed by atoms with E-state index in [-0.39, 0.29) is 5.75 Å². The van der Waals surface area contributed by atoms with Gasteiger partial charge in [-0.15, -0.1) is 0 Å². The fourth-order valence-electron chi connectivity index (χ4n) is 1.35. The van der Waals surface area contributed by atoms with Crippen LogP contribution in [0.2, 0.25) is 0 Å². The quantitative estimate of drug-likeness (QED) is 0.330. The first-order chi connectivity index (χ1) is 7.69. The average Bonchev–Trinajstić information content (AvgIpc) is 2.24. The van der Waals surface area contributed by atoms with Gasteiger partial charge in [0.15, 0.2) is 17.4 Å². The first-order valence-corrected chi connectivity index (χ1v) is 4.71. The van der Waals surface area contributed by atoms with Crippen molar-refractivity contribution in [2.45, 2.75) is 12.8 Å². The Morgan fingerprint density at radius 3 is 2.50 bits per heavy atom. The third-order valence-corrected chi connectivity index (χ3v) is 2.05. The van der Waals surface area contributed by atoms with Crippen LogP contribution in [0.4, 0.5) is 8.78 Å². The summed E-state index contributed by atoms with van der Waals surface area (Å²) < 4.78 is 31.0. The lowest BCUT2D eigenvalue weighted by Crippen LogP contribution is -1.96. The number of nitrogens with zero attached hydrogens (tertiary/aromatic N) is 3. The molecule has 0 spiro atoms. The highest BCUT2D eigenvalue weighted by molar-refractivity contribution is 5.31. The van der Waals surface area contributed by atoms with Crippen molar-refractivity contribution in [2.24, 2.45) is 5.11 Å². The fraction of sp³-hybridized carbons (Fsp3) is 0.400. The van der Waals surface area contributed by atoms with Gasteiger partial charge in [-0.25, -0.2) is 8.78 Å². The van der Waals surface area contributed by atoms with E-state index < -0.39 is 11.6 Å². The lowest BCUT2D eigenvalue weighted by atomic mass is 10.1. The van der Waals surface area contributed by atoms with Gasteiger partial charge in [0.2, 0.25) is 0 Å². The summed E-state index contributed by atoms with van der Waals surface area (Å²) in [6, 6.07) is 2.44. The Morgan fingerprint density at radius 2 is 2.00 bits per heavy atom. The van der Waals surface area contributed by atoms with Crippen molar-refractivity contribution in [1.29, 1.82) is 0 Å². The summed E-state index contributed by atoms with van der Waals surface area (Å²) in [6.45, 7) is 0.311. The monoisotopic (exact) mass is 227 g/mol. The topological polar surface area (TPSA) is 58.0 Å². The van der Waals surface area contributed by atoms with E-state index in [0.717, 1.165) is 0 Å². The van der Waals surface area contributed by atoms with Gasteiger partial charge in [0.25, 0.3) is 0 Å². The molecule has 1 rings (SSSR count). The van der Waals surface area contributed by atoms with Gasteiger partial charge in [0, 0.05) is 11.5 Å². The van der Waals surface area contributed by atoms with Gasteiger partial charge in [-0.2, -0.15) is 0 Å². The van der Waals surface area contributed by atoms with Crippen LogP contribution in [0, 0.1) is 11.6 Å². The van der Waals surface area contributed by atoms with Crippen LogP contribution in [0.25, 0.3) is 10.4 Å². The zero-order valence-corrected chi connectivity index (χ0v) is 8.78. The van der Waals surface area contributed by atoms with E-state index in [1.54, 1.807) is 0 Å². The maximum absolute atomic E-state index is 13.2. The highest BCUT2D eigenvalue weighted by Gasteiger charge is 2.10. The van der Waals surface area contributed by atoms with Crippen molar-refractivity contribution in [3.8, 4) is 5.75 Å². The van der Waals surface area contributed by atoms with Gasteiger partial charge in [-0.1, -0.05) is 5.11 Å². The predicted octanol–water partition coefficient (Wildman–Crippen LogP) is 3.22. The van der Waals surface area contributed by atoms with E-state index in [9.17, 15) is 8.78 Å². The van der Waals surface area contributed by atoms with Crippen molar-refractivity contribution in [1.82, 2.24) is 0 Å². The SMILES string of the molecule is COc1c(F)cc(CCCN=[N+]=[N-])cc1F. The Hall–Kier alpha value is -1.81. The molecule has 0 atom stereocenters. The molecule has 1 aromatic carbocycles. The molecule has 0 amide bonds. The second-order valence-electron chi connectivity index (χ2n) is 3.15. The largest absolute Gasteiger partial charge is 0.491 e. The minimum absolute atomic E-state index is 0.311. The molecular formula is C10H11F2N3O. The molecule has 0 saturated carbocycles. The Kier molecular flexibility index (Phi) is 4.54. The predicted molar refractivity (Wildman–Crippen MR) is 55.2 cm³/mol. The van der Waals surface area contributed by atoms with E-state index in [2.05, 4.69) is 14.8 Å². The lowest BCUT2D eigenvalue weighted by Gasteiger charge is -2.06. The molecule has 16 heavy (non-hydrogen) atoms. The molecule has 0 radical (unpaired) electrons. The van der Waals surface area contributed by atoms with Crippen molar-refractivity contribution >= 4 is 0 Å². The summed E-state index contributed by atoms with van der Waals surface area (Å²) in [5, 5.41) is 3.33. The molecule has 0 aliphatic carbocycles. The second kappa shape index (κ2) is 5.92. The van der Waals surface area contributed by atoms with Crippen LogP contribution in [0.15, 0.2) is 17.2 Å². The molecule has 1 aromatic rings. The number of hydrogen-bond donors (Lipinski definition) is 0. The van der Waals surface area contributed by atoms with Gasteiger partial charge in [-0.3, -0.25) is 0 Å². The van der Waals surface area contributed by atoms with Crippen LogP contribution in [0.1, 0.15) is 12.0 Å². The van der Waals surface area contributed by atoms with Crippen LogP contribution in [-0.2, 0) is 6.42 Å². The number of hydrogen-bond acceptors (Lipinski definition) is 2. The normalized spacial score (nSPS) is 9.69. The zero-order valence-electron chi connectivity index (χ0n) is 8.78. The van der Waals surface area contributed by atoms with E-state index in [1.807, 2.05) is 0 Å². The number of ether oxygens (including phenoxy) is 1. The molecule has 86 valence electrons. The first kappa shape index (κ1) is 12.3. The highest BCUT2D eigenvalue weighted by Crippen LogP contribution is 2.23. The molecule has 0 heterocycles. The maximum Gasteiger partial charge on any atom is 0.190 e. The fourth-order valence-corrected chi connectivity index (χ4v) is 1.35. The van der Waals surface area contributed by atoms with Crippen LogP contribution in [0.3, 0.4) is 0 Å². The van der Waals surface area contributed by atoms with E-state index in [1.165, 1.54) is 19.2 Å². The minimum Gasteiger partial charge on any atom is -0.491 e. The lowest BCUT2D eigenvalue weighted by molar-refractivity contribution is 0.359. The molecule has 0 fully saturated rings. The molecule has 0 bridgehead atoms. The van der Waals surface area contributed by atoms with Crippen LogP contribution >= 0.6 is 0 Å². The molecule has 0 unspecified atom stereocenters. The number of rotatable bonds is 5. The summed E-state index contributed by atoms with van der Waals surface area (Å²) >= 11 is 0. The smallest absolute Gasteiger partial charge is 0.190 e. The molecule has 0 aliphatic rings. The molecule has 0 saturated heterocycles. The van der Waals surface area contributed by atoms with Crippen molar-refractivity contribution in [3.63, 3.8) is 0 Å². The number of methoxy groups -OCH3 is 1. The van der Waals surface area contributed by atoms with Crippen LogP contribution in [0.5, 0.6) is 5.75 Å². The molecule has 0 aromatic heterocycles. The van der Waals surface area contributed by atoms with Gasteiger partial charge < -0.3 is 4.74 Å². The van der Waals surface area contributed by atoms with E-state index >= 15 is 0 Å². The average molecular weight is 227 g/mol. The Balaban J connectivity index is 2.71. The summed E-state index contributed by atoms with van der Waals surface area (Å²) in [4.78, 5) is 2.59. The minimum atomic E-state index is -0.721. The van der Waals surface area contributed by atoms with E-state index in [4.69, 9.17) is 5.53 Å². The standard InChI is InChI=1S/C10H11F2N3O/c1-16-10-8(11)5-7(6-9(10)12)3-2-4-14-15-13/h5-6H,2-4H2,1H3. The number of azide groups is 1. The summed E-state index contributed by atoms with van der Waals surface area (Å²) in [6.07, 6.45) is 1.01. The van der Waals surface area contributed by atoms with Gasteiger partial charge in [0.1, 0.15) is 0 Å². The third kappa shape index (κ3) is 3.10. The molecule has 4 nitrogen and oxygen atoms in total. The molecular weight excluding hydrogens is 216 g/mol. The van der Waals surface area contributed by atoms with Gasteiger partial charge in [-0.05, 0) is 36.1 Å². The van der Waals surface area contributed by atoms with Crippen LogP contribution < -0.4 is 4.74 Å². The Morgan fingerprint density at radius 1 is 1.38 bits per heavy atom. The van der Waals surface area contributed by atoms with Crippen molar-refractivity contribution < 1.29 is 13.5 Å². The number of halogens is 2. The third-order valence-electron chi connectivity index (χ3n) is 2.05. The Labute approximate surface area is 91.5 Å². The molecule has 0 N–H and O–H groups in total. The second-order valence-corrected chi connectivity index (χ2v) is 3.15. The summed E-state index contributed by atoms with van der Waals surface area (Å²) in [5.41, 5.74) is 8.56. The highest BCUT2D eigenvalue weighted by atomic mass is 19.1. The molecule has 0 aliphatic heterocycles. The zero-order chi connectivity index (χ0) is 12.0. The Bertz CT molecular complexity index is 394. The van der Waals surface area contributed by atoms with E-state index in [0.29, 0.717) is 24.9 Å². The van der Waals surface area contributed by atoms with Gasteiger partial charge >= 0.3 is 0 Å². The van der Waals surface area contributed by atoms with Crippen molar-refractivity contribution in [2.75, 3.05) is 13.7 Å². The van der Waals surface area contributed by atoms with Gasteiger partial charge in [0.05, 0.1) is 7.11 Å². The molecule has 6 heteroatoms. The maximum atomic E-state index is 13.2.